The molecule has 1 amide bonds. The molecular weight excluding hydrogens is 392 g/mol. The van der Waals surface area contributed by atoms with Gasteiger partial charge in [0.25, 0.3) is 0 Å². The van der Waals surface area contributed by atoms with Gasteiger partial charge in [0.1, 0.15) is 0 Å². The number of hydrogen-bond acceptors (Lipinski definition) is 4. The predicted octanol–water partition coefficient (Wildman–Crippen LogP) is 4.24. The molecule has 1 aromatic heterocycles. The third-order valence-electron chi connectivity index (χ3n) is 4.04. The molecule has 0 saturated carbocycles. The Hall–Kier alpha value is -2.57. The van der Waals surface area contributed by atoms with Crippen LogP contribution in [0.25, 0.3) is 11.4 Å². The van der Waals surface area contributed by atoms with Crippen molar-refractivity contribution in [3.8, 4) is 11.4 Å². The number of aromatic nitrogens is 3. The smallest absolute Gasteiger partial charge is 0.230 e. The molecule has 3 aromatic rings. The minimum Gasteiger partial charge on any atom is -0.355 e. The Kier molecular flexibility index (Phi) is 7.28. The number of nitrogens with zero attached hydrogens (tertiary/aromatic N) is 3. The first kappa shape index (κ1) is 20.2. The van der Waals surface area contributed by atoms with E-state index in [9.17, 15) is 4.79 Å². The lowest BCUT2D eigenvalue weighted by molar-refractivity contribution is -0.118. The second kappa shape index (κ2) is 10.1. The molecule has 5 nitrogen and oxygen atoms in total. The zero-order valence-corrected chi connectivity index (χ0v) is 16.9. The van der Waals surface area contributed by atoms with E-state index in [1.165, 1.54) is 11.8 Å². The lowest BCUT2D eigenvalue weighted by atomic mass is 10.1. The molecule has 0 spiro atoms. The summed E-state index contributed by atoms with van der Waals surface area (Å²) in [4.78, 5) is 12.2. The SMILES string of the molecule is C=CCn1c(SCC(=O)NCCc2ccc(Cl)cc2)nnc1-c1ccccc1. The van der Waals surface area contributed by atoms with Gasteiger partial charge in [-0.05, 0) is 24.1 Å². The molecule has 0 radical (unpaired) electrons. The Morgan fingerprint density at radius 2 is 1.89 bits per heavy atom. The van der Waals surface area contributed by atoms with E-state index in [4.69, 9.17) is 11.6 Å². The maximum atomic E-state index is 12.2. The van der Waals surface area contributed by atoms with Gasteiger partial charge in [-0.15, -0.1) is 16.8 Å². The van der Waals surface area contributed by atoms with E-state index in [1.54, 1.807) is 6.08 Å². The fourth-order valence-corrected chi connectivity index (χ4v) is 3.57. The molecule has 7 heteroatoms. The highest BCUT2D eigenvalue weighted by Gasteiger charge is 2.14. The number of thioether (sulfide) groups is 1. The van der Waals surface area contributed by atoms with E-state index in [-0.39, 0.29) is 11.7 Å². The second-order valence-electron chi connectivity index (χ2n) is 6.09. The molecule has 2 aromatic carbocycles. The van der Waals surface area contributed by atoms with Crippen molar-refractivity contribution < 1.29 is 4.79 Å². The highest BCUT2D eigenvalue weighted by atomic mass is 35.5. The Morgan fingerprint density at radius 1 is 1.14 bits per heavy atom. The molecule has 0 fully saturated rings. The highest BCUT2D eigenvalue weighted by Crippen LogP contribution is 2.23. The van der Waals surface area contributed by atoms with Gasteiger partial charge in [0.2, 0.25) is 5.91 Å². The Labute approximate surface area is 173 Å². The van der Waals surface area contributed by atoms with Gasteiger partial charge in [-0.1, -0.05) is 71.9 Å². The molecule has 0 bridgehead atoms. The first-order chi connectivity index (χ1) is 13.7. The molecular formula is C21H21ClN4OS. The van der Waals surface area contributed by atoms with E-state index in [1.807, 2.05) is 59.2 Å². The van der Waals surface area contributed by atoms with Crippen molar-refractivity contribution >= 4 is 29.3 Å². The lowest BCUT2D eigenvalue weighted by Crippen LogP contribution is -2.27. The Morgan fingerprint density at radius 3 is 2.61 bits per heavy atom. The van der Waals surface area contributed by atoms with E-state index in [0.29, 0.717) is 23.3 Å². The topological polar surface area (TPSA) is 59.8 Å². The molecule has 0 unspecified atom stereocenters. The third-order valence-corrected chi connectivity index (χ3v) is 5.26. The molecule has 28 heavy (non-hydrogen) atoms. The fraction of sp³-hybridized carbons (Fsp3) is 0.190. The van der Waals surface area contributed by atoms with Crippen molar-refractivity contribution in [1.82, 2.24) is 20.1 Å². The zero-order valence-electron chi connectivity index (χ0n) is 15.3. The normalized spacial score (nSPS) is 10.6. The molecule has 0 atom stereocenters. The molecule has 0 aliphatic heterocycles. The van der Waals surface area contributed by atoms with Gasteiger partial charge in [-0.25, -0.2) is 0 Å². The number of benzene rings is 2. The standard InChI is InChI=1S/C21H21ClN4OS/c1-2-14-26-20(17-6-4-3-5-7-17)24-25-21(26)28-15-19(27)23-13-12-16-8-10-18(22)11-9-16/h2-11H,1,12-15H2,(H,23,27). The van der Waals surface area contributed by atoms with Crippen molar-refractivity contribution in [3.05, 3.63) is 77.8 Å². The number of amides is 1. The summed E-state index contributed by atoms with van der Waals surface area (Å²) in [7, 11) is 0. The summed E-state index contributed by atoms with van der Waals surface area (Å²) in [6.07, 6.45) is 2.56. The number of hydrogen-bond donors (Lipinski definition) is 1. The summed E-state index contributed by atoms with van der Waals surface area (Å²) in [5.41, 5.74) is 2.12. The summed E-state index contributed by atoms with van der Waals surface area (Å²) in [6, 6.07) is 17.5. The fourth-order valence-electron chi connectivity index (χ4n) is 2.67. The maximum Gasteiger partial charge on any atom is 0.230 e. The van der Waals surface area contributed by atoms with Crippen molar-refractivity contribution in [2.75, 3.05) is 12.3 Å². The minimum absolute atomic E-state index is 0.0339. The first-order valence-corrected chi connectivity index (χ1v) is 10.3. The van der Waals surface area contributed by atoms with Crippen LogP contribution in [0.3, 0.4) is 0 Å². The quantitative estimate of drug-likeness (QED) is 0.422. The largest absolute Gasteiger partial charge is 0.355 e. The van der Waals surface area contributed by atoms with Crippen LogP contribution in [-0.4, -0.2) is 33.0 Å². The predicted molar refractivity (Wildman–Crippen MR) is 115 cm³/mol. The summed E-state index contributed by atoms with van der Waals surface area (Å²) in [5, 5.41) is 12.9. The molecule has 3 rings (SSSR count). The van der Waals surface area contributed by atoms with Crippen LogP contribution >= 0.6 is 23.4 Å². The minimum atomic E-state index is -0.0339. The average Bonchev–Trinajstić information content (AvgIpc) is 3.11. The zero-order chi connectivity index (χ0) is 19.8. The van der Waals surface area contributed by atoms with Crippen LogP contribution in [0.5, 0.6) is 0 Å². The van der Waals surface area contributed by atoms with E-state index in [0.717, 1.165) is 23.4 Å². The number of allylic oxidation sites excluding steroid dienone is 1. The number of rotatable bonds is 9. The molecule has 0 aliphatic carbocycles. The van der Waals surface area contributed by atoms with E-state index >= 15 is 0 Å². The highest BCUT2D eigenvalue weighted by molar-refractivity contribution is 7.99. The lowest BCUT2D eigenvalue weighted by Gasteiger charge is -2.08. The van der Waals surface area contributed by atoms with Crippen LogP contribution in [0, 0.1) is 0 Å². The van der Waals surface area contributed by atoms with Crippen molar-refractivity contribution in [1.29, 1.82) is 0 Å². The Balaban J connectivity index is 1.55. The van der Waals surface area contributed by atoms with Gasteiger partial charge in [-0.3, -0.25) is 9.36 Å². The van der Waals surface area contributed by atoms with E-state index < -0.39 is 0 Å². The monoisotopic (exact) mass is 412 g/mol. The van der Waals surface area contributed by atoms with Gasteiger partial charge in [-0.2, -0.15) is 0 Å². The van der Waals surface area contributed by atoms with Crippen molar-refractivity contribution in [2.24, 2.45) is 0 Å². The second-order valence-corrected chi connectivity index (χ2v) is 7.47. The number of nitrogens with one attached hydrogen (secondary N) is 1. The average molecular weight is 413 g/mol. The van der Waals surface area contributed by atoms with Crippen LogP contribution in [0.4, 0.5) is 0 Å². The van der Waals surface area contributed by atoms with Crippen LogP contribution < -0.4 is 5.32 Å². The summed E-state index contributed by atoms with van der Waals surface area (Å²) in [5.74, 6) is 1.02. The third kappa shape index (κ3) is 5.47. The first-order valence-electron chi connectivity index (χ1n) is 8.91. The van der Waals surface area contributed by atoms with Crippen LogP contribution in [-0.2, 0) is 17.8 Å². The molecule has 144 valence electrons. The van der Waals surface area contributed by atoms with Gasteiger partial charge in [0, 0.05) is 23.7 Å². The number of carbonyl (C=O) groups is 1. The Bertz CT molecular complexity index is 925. The number of carbonyl (C=O) groups excluding carboxylic acids is 1. The van der Waals surface area contributed by atoms with Crippen molar-refractivity contribution in [3.63, 3.8) is 0 Å². The maximum absolute atomic E-state index is 12.2. The van der Waals surface area contributed by atoms with Gasteiger partial charge >= 0.3 is 0 Å². The molecule has 0 saturated heterocycles. The van der Waals surface area contributed by atoms with Crippen LogP contribution in [0.2, 0.25) is 5.02 Å². The van der Waals surface area contributed by atoms with Crippen LogP contribution in [0.15, 0.2) is 72.4 Å². The van der Waals surface area contributed by atoms with Crippen molar-refractivity contribution in [2.45, 2.75) is 18.1 Å². The summed E-state index contributed by atoms with van der Waals surface area (Å²) in [6.45, 7) is 4.97. The van der Waals surface area contributed by atoms with Crippen LogP contribution in [0.1, 0.15) is 5.56 Å². The summed E-state index contributed by atoms with van der Waals surface area (Å²) >= 11 is 7.25. The number of halogens is 1. The summed E-state index contributed by atoms with van der Waals surface area (Å²) < 4.78 is 1.97. The van der Waals surface area contributed by atoms with E-state index in [2.05, 4.69) is 22.1 Å². The van der Waals surface area contributed by atoms with Gasteiger partial charge in [0.15, 0.2) is 11.0 Å². The molecule has 1 heterocycles. The molecule has 0 aliphatic rings. The molecule has 1 N–H and O–H groups in total. The van der Waals surface area contributed by atoms with Gasteiger partial charge < -0.3 is 5.32 Å². The van der Waals surface area contributed by atoms with Gasteiger partial charge in [0.05, 0.1) is 5.75 Å².